The number of halogens is 5. The third-order valence-corrected chi connectivity index (χ3v) is 8.27. The molecular formula is C35H37F5N4O5. The molecule has 0 saturated carbocycles. The van der Waals surface area contributed by atoms with Gasteiger partial charge >= 0.3 is 18.3 Å². The Labute approximate surface area is 280 Å². The van der Waals surface area contributed by atoms with Gasteiger partial charge in [-0.2, -0.15) is 13.2 Å². The molecule has 0 bridgehead atoms. The number of carbonyl (C=O) groups excluding carboxylic acids is 3. The first kappa shape index (κ1) is 35.4. The summed E-state index contributed by atoms with van der Waals surface area (Å²) in [5.41, 5.74) is -2.83. The average Bonchev–Trinajstić information content (AvgIpc) is 3.17. The molecule has 3 aromatic carbocycles. The fraction of sp³-hybridized carbons (Fsp3) is 0.400. The molecule has 9 nitrogen and oxygen atoms in total. The minimum Gasteiger partial charge on any atom is -0.490 e. The van der Waals surface area contributed by atoms with Gasteiger partial charge < -0.3 is 24.6 Å². The maximum atomic E-state index is 14.4. The first-order valence-electron chi connectivity index (χ1n) is 15.7. The molecule has 0 aliphatic carbocycles. The van der Waals surface area contributed by atoms with Gasteiger partial charge in [0.15, 0.2) is 0 Å². The summed E-state index contributed by atoms with van der Waals surface area (Å²) in [6, 6.07) is 11.8. The smallest absolute Gasteiger partial charge is 0.419 e. The Morgan fingerprint density at radius 3 is 2.20 bits per heavy atom. The zero-order chi connectivity index (χ0) is 35.9. The van der Waals surface area contributed by atoms with Crippen LogP contribution in [0.5, 0.6) is 5.75 Å². The molecular weight excluding hydrogens is 651 g/mol. The van der Waals surface area contributed by atoms with Crippen LogP contribution in [0.1, 0.15) is 58.6 Å². The Morgan fingerprint density at radius 1 is 0.939 bits per heavy atom. The molecule has 1 N–H and O–H groups in total. The van der Waals surface area contributed by atoms with Crippen LogP contribution in [-0.2, 0) is 22.3 Å². The summed E-state index contributed by atoms with van der Waals surface area (Å²) in [4.78, 5) is 42.7. The predicted octanol–water partition coefficient (Wildman–Crippen LogP) is 8.25. The number of ether oxygens (including phenoxy) is 2. The van der Waals surface area contributed by atoms with Gasteiger partial charge in [-0.25, -0.2) is 23.3 Å². The molecule has 262 valence electrons. The second-order valence-electron chi connectivity index (χ2n) is 13.5. The summed E-state index contributed by atoms with van der Waals surface area (Å²) >= 11 is 0. The molecule has 0 unspecified atom stereocenters. The minimum absolute atomic E-state index is 0.106. The van der Waals surface area contributed by atoms with E-state index in [9.17, 15) is 36.3 Å². The summed E-state index contributed by atoms with van der Waals surface area (Å²) in [6.07, 6.45) is -4.25. The molecule has 2 fully saturated rings. The summed E-state index contributed by atoms with van der Waals surface area (Å²) in [5, 5.41) is 3.12. The first-order chi connectivity index (χ1) is 22.8. The van der Waals surface area contributed by atoms with Crippen LogP contribution in [0.3, 0.4) is 0 Å². The van der Waals surface area contributed by atoms with E-state index in [-0.39, 0.29) is 18.7 Å². The van der Waals surface area contributed by atoms with E-state index in [2.05, 4.69) is 5.32 Å². The molecule has 14 heteroatoms. The van der Waals surface area contributed by atoms with Crippen LogP contribution in [-0.4, -0.2) is 58.2 Å². The standard InChI is InChI=1S/C35H37F5N4O5/c1-33(2,3)49-32(47)42-16-14-26(15-17-42)48-25-11-8-23(9-12-25)41-29-18-22(36)7-6-21(29)20-43-31(46)44(30(45)34(43,4)5)24-10-13-28(37)27(19-24)35(38,39)40/h6-13,18-19,26,41H,14-17,20H2,1-5H3. The summed E-state index contributed by atoms with van der Waals surface area (Å²) < 4.78 is 80.1. The lowest BCUT2D eigenvalue weighted by molar-refractivity contribution is -0.140. The Morgan fingerprint density at radius 2 is 1.59 bits per heavy atom. The van der Waals surface area contributed by atoms with Gasteiger partial charge in [-0.1, -0.05) is 6.07 Å². The quantitative estimate of drug-likeness (QED) is 0.199. The third-order valence-electron chi connectivity index (χ3n) is 8.27. The Hall–Kier alpha value is -4.88. The van der Waals surface area contributed by atoms with Gasteiger partial charge in [-0.05, 0) is 94.8 Å². The number of carbonyl (C=O) groups is 3. The van der Waals surface area contributed by atoms with E-state index in [1.165, 1.54) is 32.0 Å². The van der Waals surface area contributed by atoms with Crippen LogP contribution >= 0.6 is 0 Å². The monoisotopic (exact) mass is 688 g/mol. The van der Waals surface area contributed by atoms with Gasteiger partial charge in [0.25, 0.3) is 5.91 Å². The van der Waals surface area contributed by atoms with Crippen molar-refractivity contribution in [3.63, 3.8) is 0 Å². The zero-order valence-corrected chi connectivity index (χ0v) is 27.7. The average molecular weight is 689 g/mol. The van der Waals surface area contributed by atoms with Crippen LogP contribution in [0.15, 0.2) is 60.7 Å². The molecule has 0 spiro atoms. The normalized spacial score (nSPS) is 17.1. The molecule has 5 rings (SSSR count). The maximum Gasteiger partial charge on any atom is 0.419 e. The lowest BCUT2D eigenvalue weighted by Gasteiger charge is -2.33. The number of alkyl halides is 3. The third kappa shape index (κ3) is 7.89. The molecule has 0 atom stereocenters. The van der Waals surface area contributed by atoms with Crippen molar-refractivity contribution in [1.82, 2.24) is 9.80 Å². The number of hydrogen-bond acceptors (Lipinski definition) is 6. The summed E-state index contributed by atoms with van der Waals surface area (Å²) in [5.74, 6) is -2.31. The summed E-state index contributed by atoms with van der Waals surface area (Å²) in [6.45, 7) is 9.13. The highest BCUT2D eigenvalue weighted by Crippen LogP contribution is 2.39. The highest BCUT2D eigenvalue weighted by atomic mass is 19.4. The number of amides is 4. The highest BCUT2D eigenvalue weighted by molar-refractivity contribution is 6.23. The predicted molar refractivity (Wildman–Crippen MR) is 171 cm³/mol. The van der Waals surface area contributed by atoms with Gasteiger partial charge in [0.1, 0.15) is 34.6 Å². The number of anilines is 3. The molecule has 2 heterocycles. The SMILES string of the molecule is CC(C)(C)OC(=O)N1CCC(Oc2ccc(Nc3cc(F)ccc3CN3C(=O)N(c4ccc(F)c(C(F)(F)F)c4)C(=O)C3(C)C)cc2)CC1. The number of hydrogen-bond donors (Lipinski definition) is 1. The number of imide groups is 1. The van der Waals surface area contributed by atoms with Crippen LogP contribution in [0, 0.1) is 11.6 Å². The van der Waals surface area contributed by atoms with Crippen molar-refractivity contribution in [2.24, 2.45) is 0 Å². The lowest BCUT2D eigenvalue weighted by Crippen LogP contribution is -2.44. The van der Waals surface area contributed by atoms with Crippen molar-refractivity contribution < 1.29 is 45.8 Å². The Kier molecular flexibility index (Phi) is 9.55. The largest absolute Gasteiger partial charge is 0.490 e. The lowest BCUT2D eigenvalue weighted by atomic mass is 10.0. The van der Waals surface area contributed by atoms with E-state index in [0.717, 1.165) is 11.0 Å². The minimum atomic E-state index is -5.04. The Bertz CT molecular complexity index is 1730. The van der Waals surface area contributed by atoms with Crippen molar-refractivity contribution in [3.8, 4) is 5.75 Å². The van der Waals surface area contributed by atoms with Gasteiger partial charge in [0.2, 0.25) is 0 Å². The molecule has 2 aliphatic heterocycles. The zero-order valence-electron chi connectivity index (χ0n) is 27.7. The molecule has 2 aliphatic rings. The van der Waals surface area contributed by atoms with Crippen LogP contribution < -0.4 is 15.0 Å². The number of rotatable bonds is 7. The van der Waals surface area contributed by atoms with Crippen LogP contribution in [0.2, 0.25) is 0 Å². The first-order valence-corrected chi connectivity index (χ1v) is 15.7. The van der Waals surface area contributed by atoms with Gasteiger partial charge in [0.05, 0.1) is 17.8 Å². The second kappa shape index (κ2) is 13.2. The second-order valence-corrected chi connectivity index (χ2v) is 13.5. The van der Waals surface area contributed by atoms with Crippen molar-refractivity contribution in [1.29, 1.82) is 0 Å². The fourth-order valence-corrected chi connectivity index (χ4v) is 5.62. The van der Waals surface area contributed by atoms with Crippen molar-refractivity contribution in [3.05, 3.63) is 83.4 Å². The van der Waals surface area contributed by atoms with E-state index < -0.39 is 52.1 Å². The van der Waals surface area contributed by atoms with Gasteiger partial charge in [-0.3, -0.25) is 4.79 Å². The molecule has 0 aromatic heterocycles. The summed E-state index contributed by atoms with van der Waals surface area (Å²) in [7, 11) is 0. The molecule has 3 aromatic rings. The van der Waals surface area contributed by atoms with Crippen molar-refractivity contribution in [2.75, 3.05) is 23.3 Å². The molecule has 49 heavy (non-hydrogen) atoms. The van der Waals surface area contributed by atoms with Crippen molar-refractivity contribution in [2.45, 2.75) is 77.4 Å². The number of likely N-dealkylation sites (tertiary alicyclic amines) is 1. The Balaban J connectivity index is 1.27. The van der Waals surface area contributed by atoms with Gasteiger partial charge in [-0.15, -0.1) is 0 Å². The molecule has 4 amide bonds. The van der Waals surface area contributed by atoms with Gasteiger partial charge in [0, 0.05) is 37.3 Å². The van der Waals surface area contributed by atoms with E-state index in [1.54, 1.807) is 29.2 Å². The number of benzene rings is 3. The number of urea groups is 1. The van der Waals surface area contributed by atoms with Crippen molar-refractivity contribution >= 4 is 35.1 Å². The van der Waals surface area contributed by atoms with Crippen LogP contribution in [0.25, 0.3) is 0 Å². The fourth-order valence-electron chi connectivity index (χ4n) is 5.62. The maximum absolute atomic E-state index is 14.4. The van der Waals surface area contributed by atoms with E-state index in [4.69, 9.17) is 9.47 Å². The van der Waals surface area contributed by atoms with E-state index >= 15 is 0 Å². The van der Waals surface area contributed by atoms with E-state index in [0.29, 0.717) is 65.7 Å². The number of nitrogens with zero attached hydrogens (tertiary/aromatic N) is 3. The number of nitrogens with one attached hydrogen (secondary N) is 1. The highest BCUT2D eigenvalue weighted by Gasteiger charge is 2.52. The molecule has 2 saturated heterocycles. The number of piperidine rings is 1. The molecule has 0 radical (unpaired) electrons. The van der Waals surface area contributed by atoms with E-state index in [1.807, 2.05) is 20.8 Å². The topological polar surface area (TPSA) is 91.4 Å². The van der Waals surface area contributed by atoms with Crippen LogP contribution in [0.4, 0.5) is 48.6 Å².